The van der Waals surface area contributed by atoms with Gasteiger partial charge in [0, 0.05) is 41.2 Å². The Kier molecular flexibility index (Phi) is 11.3. The summed E-state index contributed by atoms with van der Waals surface area (Å²) in [5.41, 5.74) is 3.14. The van der Waals surface area contributed by atoms with Gasteiger partial charge >= 0.3 is 0 Å². The molecule has 0 aromatic heterocycles. The molecule has 0 radical (unpaired) electrons. The quantitative estimate of drug-likeness (QED) is 0.366. The van der Waals surface area contributed by atoms with E-state index in [1.54, 1.807) is 31.2 Å². The number of hydrogen-bond acceptors (Lipinski definition) is 4. The van der Waals surface area contributed by atoms with Crippen molar-refractivity contribution in [3.63, 3.8) is 0 Å². The predicted molar refractivity (Wildman–Crippen MR) is 152 cm³/mol. The van der Waals surface area contributed by atoms with Crippen molar-refractivity contribution in [2.24, 2.45) is 0 Å². The van der Waals surface area contributed by atoms with Crippen LogP contribution in [0.3, 0.4) is 0 Å². The zero-order valence-corrected chi connectivity index (χ0v) is 24.7. The molecule has 2 amide bonds. The predicted octanol–water partition coefficient (Wildman–Crippen LogP) is 5.49. The van der Waals surface area contributed by atoms with Gasteiger partial charge in [0.15, 0.2) is 0 Å². The molecule has 0 bridgehead atoms. The number of nitrogens with one attached hydrogen (secondary N) is 1. The van der Waals surface area contributed by atoms with E-state index in [2.05, 4.69) is 5.32 Å². The van der Waals surface area contributed by atoms with E-state index < -0.39 is 16.1 Å². The Hall–Kier alpha value is -2.29. The first-order valence-electron chi connectivity index (χ1n) is 12.3. The topological polar surface area (TPSA) is 86.8 Å². The Bertz CT molecular complexity index is 1200. The highest BCUT2D eigenvalue weighted by molar-refractivity contribution is 7.92. The Morgan fingerprint density at radius 1 is 1.03 bits per heavy atom. The molecule has 0 aliphatic carbocycles. The van der Waals surface area contributed by atoms with E-state index in [9.17, 15) is 18.0 Å². The number of aryl methyl sites for hydroxylation is 2. The summed E-state index contributed by atoms with van der Waals surface area (Å²) in [5, 5.41) is 3.72. The van der Waals surface area contributed by atoms with Crippen molar-refractivity contribution in [1.82, 2.24) is 10.2 Å². The maximum absolute atomic E-state index is 13.4. The number of carbonyl (C=O) groups is 2. The second-order valence-corrected chi connectivity index (χ2v) is 12.1. The molecular weight excluding hydrogens is 533 g/mol. The minimum absolute atomic E-state index is 0.0416. The maximum Gasteiger partial charge on any atom is 0.242 e. The van der Waals surface area contributed by atoms with Crippen LogP contribution in [0.4, 0.5) is 5.69 Å². The van der Waals surface area contributed by atoms with Crippen LogP contribution in [-0.2, 0) is 26.2 Å². The number of amides is 2. The molecule has 0 saturated heterocycles. The smallest absolute Gasteiger partial charge is 0.242 e. The first-order chi connectivity index (χ1) is 17.3. The number of nitrogens with zero attached hydrogens (tertiary/aromatic N) is 2. The summed E-state index contributed by atoms with van der Waals surface area (Å²) in [6.07, 6.45) is 2.21. The van der Waals surface area contributed by atoms with Crippen LogP contribution >= 0.6 is 23.2 Å². The van der Waals surface area contributed by atoms with Crippen LogP contribution in [-0.4, -0.2) is 50.0 Å². The van der Waals surface area contributed by atoms with Gasteiger partial charge in [-0.2, -0.15) is 0 Å². The molecule has 0 saturated carbocycles. The lowest BCUT2D eigenvalue weighted by Crippen LogP contribution is -2.49. The van der Waals surface area contributed by atoms with Crippen LogP contribution in [0, 0.1) is 13.8 Å². The number of halogens is 2. The Balaban J connectivity index is 2.25. The summed E-state index contributed by atoms with van der Waals surface area (Å²) >= 11 is 12.7. The molecule has 2 atom stereocenters. The monoisotopic (exact) mass is 569 g/mol. The van der Waals surface area contributed by atoms with Gasteiger partial charge in [-0.1, -0.05) is 42.3 Å². The zero-order valence-electron chi connectivity index (χ0n) is 22.3. The summed E-state index contributed by atoms with van der Waals surface area (Å²) in [7, 11) is -3.56. The molecule has 0 aliphatic rings. The van der Waals surface area contributed by atoms with E-state index in [-0.39, 0.29) is 43.8 Å². The average molecular weight is 571 g/mol. The lowest BCUT2D eigenvalue weighted by atomic mass is 10.1. The highest BCUT2D eigenvalue weighted by atomic mass is 35.5. The van der Waals surface area contributed by atoms with Crippen LogP contribution < -0.4 is 9.62 Å². The van der Waals surface area contributed by atoms with Crippen molar-refractivity contribution in [1.29, 1.82) is 0 Å². The second-order valence-electron chi connectivity index (χ2n) is 9.42. The first-order valence-corrected chi connectivity index (χ1v) is 14.9. The summed E-state index contributed by atoms with van der Waals surface area (Å²) in [6.45, 7) is 9.59. The van der Waals surface area contributed by atoms with Gasteiger partial charge in [-0.25, -0.2) is 8.42 Å². The average Bonchev–Trinajstić information content (AvgIpc) is 2.82. The van der Waals surface area contributed by atoms with Crippen molar-refractivity contribution in [2.45, 2.75) is 72.5 Å². The molecule has 2 aromatic carbocycles. The Morgan fingerprint density at radius 2 is 1.65 bits per heavy atom. The highest BCUT2D eigenvalue weighted by Gasteiger charge is 2.28. The van der Waals surface area contributed by atoms with E-state index >= 15 is 0 Å². The molecule has 2 aromatic rings. The minimum Gasteiger partial charge on any atom is -0.352 e. The molecule has 0 heterocycles. The fourth-order valence-corrected chi connectivity index (χ4v) is 5.26. The Labute approximate surface area is 231 Å². The van der Waals surface area contributed by atoms with Crippen LogP contribution in [0.2, 0.25) is 10.0 Å². The Morgan fingerprint density at radius 3 is 2.19 bits per heavy atom. The maximum atomic E-state index is 13.4. The lowest BCUT2D eigenvalue weighted by Gasteiger charge is -2.30. The van der Waals surface area contributed by atoms with Crippen molar-refractivity contribution < 1.29 is 18.0 Å². The van der Waals surface area contributed by atoms with Crippen LogP contribution in [0.5, 0.6) is 0 Å². The molecule has 0 aliphatic heterocycles. The van der Waals surface area contributed by atoms with Crippen molar-refractivity contribution in [3.05, 3.63) is 63.1 Å². The normalized spacial score (nSPS) is 13.1. The largest absolute Gasteiger partial charge is 0.352 e. The molecule has 2 rings (SSSR count). The van der Waals surface area contributed by atoms with Gasteiger partial charge in [-0.15, -0.1) is 0 Å². The number of rotatable bonds is 12. The SMILES string of the molecule is CCC(C)NC(=O)C(C)N(Cc1c(Cl)cccc1Cl)C(=O)CCCN(c1ccc(C)c(C)c1)S(C)(=O)=O. The number of benzene rings is 2. The molecular formula is C27H37Cl2N3O4S. The van der Waals surface area contributed by atoms with Gasteiger partial charge in [0.2, 0.25) is 21.8 Å². The summed E-state index contributed by atoms with van der Waals surface area (Å²) in [5.74, 6) is -0.574. The van der Waals surface area contributed by atoms with Gasteiger partial charge in [-0.3, -0.25) is 13.9 Å². The van der Waals surface area contributed by atoms with Crippen molar-refractivity contribution in [2.75, 3.05) is 17.1 Å². The third kappa shape index (κ3) is 8.62. The van der Waals surface area contributed by atoms with E-state index in [0.717, 1.165) is 23.8 Å². The van der Waals surface area contributed by atoms with Crippen molar-refractivity contribution in [3.8, 4) is 0 Å². The van der Waals surface area contributed by atoms with Crippen LogP contribution in [0.25, 0.3) is 0 Å². The third-order valence-electron chi connectivity index (χ3n) is 6.49. The highest BCUT2D eigenvalue weighted by Crippen LogP contribution is 2.27. The molecule has 7 nitrogen and oxygen atoms in total. The van der Waals surface area contributed by atoms with Gasteiger partial charge in [0.1, 0.15) is 6.04 Å². The number of hydrogen-bond donors (Lipinski definition) is 1. The van der Waals surface area contributed by atoms with E-state index in [1.807, 2.05) is 39.8 Å². The van der Waals surface area contributed by atoms with Crippen LogP contribution in [0.15, 0.2) is 36.4 Å². The number of anilines is 1. The molecule has 10 heteroatoms. The summed E-state index contributed by atoms with van der Waals surface area (Å²) in [4.78, 5) is 27.8. The van der Waals surface area contributed by atoms with Gasteiger partial charge < -0.3 is 10.2 Å². The second kappa shape index (κ2) is 13.5. The molecule has 2 unspecified atom stereocenters. The van der Waals surface area contributed by atoms with E-state index in [1.165, 1.54) is 9.21 Å². The lowest BCUT2D eigenvalue weighted by molar-refractivity contribution is -0.140. The van der Waals surface area contributed by atoms with Gasteiger partial charge in [0.05, 0.1) is 11.9 Å². The minimum atomic E-state index is -3.56. The number of sulfonamides is 1. The first kappa shape index (κ1) is 30.9. The molecule has 204 valence electrons. The van der Waals surface area contributed by atoms with E-state index in [0.29, 0.717) is 21.3 Å². The molecule has 0 fully saturated rings. The number of carbonyl (C=O) groups excluding carboxylic acids is 2. The van der Waals surface area contributed by atoms with Gasteiger partial charge in [-0.05, 0) is 75.9 Å². The fourth-order valence-electron chi connectivity index (χ4n) is 3.79. The zero-order chi connectivity index (χ0) is 27.9. The van der Waals surface area contributed by atoms with E-state index in [4.69, 9.17) is 23.2 Å². The van der Waals surface area contributed by atoms with Gasteiger partial charge in [0.25, 0.3) is 0 Å². The molecule has 1 N–H and O–H groups in total. The fraction of sp³-hybridized carbons (Fsp3) is 0.481. The molecule has 0 spiro atoms. The van der Waals surface area contributed by atoms with Crippen LogP contribution in [0.1, 0.15) is 56.7 Å². The standard InChI is InChI=1S/C27H37Cl2N3O4S/c1-7-20(4)30-27(34)21(5)31(17-23-24(28)10-8-11-25(23)29)26(33)12-9-15-32(37(6,35)36)22-14-13-18(2)19(3)16-22/h8,10-11,13-14,16,20-21H,7,9,12,15,17H2,1-6H3,(H,30,34). The molecule has 37 heavy (non-hydrogen) atoms. The third-order valence-corrected chi connectivity index (χ3v) is 8.39. The van der Waals surface area contributed by atoms with Crippen molar-refractivity contribution >= 4 is 50.7 Å². The summed E-state index contributed by atoms with van der Waals surface area (Å²) < 4.78 is 26.4. The summed E-state index contributed by atoms with van der Waals surface area (Å²) in [6, 6.07) is 9.72.